The lowest BCUT2D eigenvalue weighted by molar-refractivity contribution is 0.00363. The third kappa shape index (κ3) is 6.62. The number of methoxy groups -OCH3 is 1. The molecule has 2 heteroatoms. The maximum absolute atomic E-state index is 5.41. The van der Waals surface area contributed by atoms with Crippen LogP contribution in [0, 0.1) is 0 Å². The fourth-order valence-electron chi connectivity index (χ4n) is 1.06. The van der Waals surface area contributed by atoms with Gasteiger partial charge in [0, 0.05) is 13.7 Å². The van der Waals surface area contributed by atoms with Gasteiger partial charge in [-0.2, -0.15) is 0 Å². The first-order valence-corrected chi connectivity index (χ1v) is 4.95. The predicted octanol–water partition coefficient (Wildman–Crippen LogP) is 2.62. The molecule has 0 saturated heterocycles. The summed E-state index contributed by atoms with van der Waals surface area (Å²) in [6.07, 6.45) is 4.97. The molecule has 0 radical (unpaired) electrons. The van der Waals surface area contributed by atoms with Crippen LogP contribution in [0.15, 0.2) is 0 Å². The molecule has 0 N–H and O–H groups in total. The quantitative estimate of drug-likeness (QED) is 0.527. The summed E-state index contributed by atoms with van der Waals surface area (Å²) in [6.45, 7) is 5.92. The molecule has 0 aromatic heterocycles. The molecule has 74 valence electrons. The summed E-state index contributed by atoms with van der Waals surface area (Å²) in [5.41, 5.74) is 0. The second kappa shape index (κ2) is 9.01. The molecule has 0 aliphatic carbocycles. The summed E-state index contributed by atoms with van der Waals surface area (Å²) in [7, 11) is 1.76. The van der Waals surface area contributed by atoms with Crippen molar-refractivity contribution in [2.24, 2.45) is 0 Å². The first-order valence-electron chi connectivity index (χ1n) is 4.95. The van der Waals surface area contributed by atoms with E-state index in [1.165, 1.54) is 12.8 Å². The molecule has 2 nitrogen and oxygen atoms in total. The van der Waals surface area contributed by atoms with E-state index in [-0.39, 0.29) is 0 Å². The van der Waals surface area contributed by atoms with Gasteiger partial charge in [-0.05, 0) is 12.8 Å². The lowest BCUT2D eigenvalue weighted by Gasteiger charge is -2.14. The van der Waals surface area contributed by atoms with Crippen LogP contribution >= 0.6 is 0 Å². The van der Waals surface area contributed by atoms with E-state index in [1.807, 2.05) is 0 Å². The largest absolute Gasteiger partial charge is 0.379 e. The average molecular weight is 174 g/mol. The van der Waals surface area contributed by atoms with Gasteiger partial charge in [0.05, 0.1) is 12.7 Å². The van der Waals surface area contributed by atoms with Crippen molar-refractivity contribution in [1.29, 1.82) is 0 Å². The highest BCUT2D eigenvalue weighted by atomic mass is 16.5. The van der Waals surface area contributed by atoms with Gasteiger partial charge in [-0.3, -0.25) is 0 Å². The van der Waals surface area contributed by atoms with E-state index in [0.29, 0.717) is 6.10 Å². The van der Waals surface area contributed by atoms with Crippen molar-refractivity contribution < 1.29 is 9.47 Å². The number of hydrogen-bond donors (Lipinski definition) is 0. The Balaban J connectivity index is 3.26. The monoisotopic (exact) mass is 174 g/mol. The van der Waals surface area contributed by atoms with E-state index in [1.54, 1.807) is 7.11 Å². The van der Waals surface area contributed by atoms with Crippen molar-refractivity contribution in [2.45, 2.75) is 45.6 Å². The molecule has 1 unspecified atom stereocenters. The Morgan fingerprint density at radius 2 is 1.92 bits per heavy atom. The Bertz CT molecular complexity index is 83.9. The van der Waals surface area contributed by atoms with Gasteiger partial charge >= 0.3 is 0 Å². The van der Waals surface area contributed by atoms with E-state index < -0.39 is 0 Å². The van der Waals surface area contributed by atoms with Crippen molar-refractivity contribution in [3.8, 4) is 0 Å². The zero-order valence-electron chi connectivity index (χ0n) is 8.64. The fourth-order valence-corrected chi connectivity index (χ4v) is 1.06. The molecular weight excluding hydrogens is 152 g/mol. The van der Waals surface area contributed by atoms with Crippen LogP contribution in [0.1, 0.15) is 39.5 Å². The van der Waals surface area contributed by atoms with Crippen molar-refractivity contribution in [2.75, 3.05) is 20.3 Å². The van der Waals surface area contributed by atoms with E-state index in [2.05, 4.69) is 13.8 Å². The Hall–Kier alpha value is -0.0800. The molecule has 0 aliphatic rings. The fraction of sp³-hybridized carbons (Fsp3) is 1.00. The zero-order valence-corrected chi connectivity index (χ0v) is 8.64. The van der Waals surface area contributed by atoms with Crippen molar-refractivity contribution in [3.05, 3.63) is 0 Å². The summed E-state index contributed by atoms with van der Waals surface area (Å²) in [5.74, 6) is 0. The van der Waals surface area contributed by atoms with Crippen molar-refractivity contribution >= 4 is 0 Å². The molecule has 0 aromatic rings. The first kappa shape index (κ1) is 11.9. The van der Waals surface area contributed by atoms with Crippen molar-refractivity contribution in [1.82, 2.24) is 0 Å². The molecular formula is C10H22O2. The molecule has 0 saturated carbocycles. The van der Waals surface area contributed by atoms with E-state index in [4.69, 9.17) is 9.47 Å². The van der Waals surface area contributed by atoms with Gasteiger partial charge in [-0.15, -0.1) is 0 Å². The molecule has 0 amide bonds. The molecule has 0 aliphatic heterocycles. The molecule has 1 atom stereocenters. The third-order valence-electron chi connectivity index (χ3n) is 1.87. The number of rotatable bonds is 8. The summed E-state index contributed by atoms with van der Waals surface area (Å²) < 4.78 is 10.7. The SMILES string of the molecule is CCCCC(COCCC)OC. The highest BCUT2D eigenvalue weighted by Crippen LogP contribution is 2.04. The molecule has 0 bridgehead atoms. The minimum atomic E-state index is 0.302. The number of hydrogen-bond acceptors (Lipinski definition) is 2. The molecule has 0 fully saturated rings. The maximum atomic E-state index is 5.41. The minimum absolute atomic E-state index is 0.302. The highest BCUT2D eigenvalue weighted by molar-refractivity contribution is 4.55. The number of unbranched alkanes of at least 4 members (excludes halogenated alkanes) is 1. The standard InChI is InChI=1S/C10H22O2/c1-4-6-7-10(11-3)9-12-8-5-2/h10H,4-9H2,1-3H3. The Morgan fingerprint density at radius 1 is 1.17 bits per heavy atom. The second-order valence-electron chi connectivity index (χ2n) is 3.07. The van der Waals surface area contributed by atoms with Crippen LogP contribution in [0.3, 0.4) is 0 Å². The smallest absolute Gasteiger partial charge is 0.0804 e. The van der Waals surface area contributed by atoms with Gasteiger partial charge in [0.1, 0.15) is 0 Å². The van der Waals surface area contributed by atoms with E-state index >= 15 is 0 Å². The van der Waals surface area contributed by atoms with Gasteiger partial charge in [0.15, 0.2) is 0 Å². The normalized spacial score (nSPS) is 13.2. The van der Waals surface area contributed by atoms with Gasteiger partial charge < -0.3 is 9.47 Å². The molecule has 0 aromatic carbocycles. The second-order valence-corrected chi connectivity index (χ2v) is 3.07. The number of ether oxygens (including phenoxy) is 2. The maximum Gasteiger partial charge on any atom is 0.0804 e. The lowest BCUT2D eigenvalue weighted by Crippen LogP contribution is -2.18. The van der Waals surface area contributed by atoms with Crippen LogP contribution in [-0.2, 0) is 9.47 Å². The first-order chi connectivity index (χ1) is 5.85. The van der Waals surface area contributed by atoms with Crippen LogP contribution in [0.2, 0.25) is 0 Å². The van der Waals surface area contributed by atoms with Crippen LogP contribution < -0.4 is 0 Å². The van der Waals surface area contributed by atoms with Gasteiger partial charge in [0.2, 0.25) is 0 Å². The van der Waals surface area contributed by atoms with Crippen molar-refractivity contribution in [3.63, 3.8) is 0 Å². The van der Waals surface area contributed by atoms with Crippen LogP contribution in [0.4, 0.5) is 0 Å². The Kier molecular flexibility index (Phi) is 8.95. The highest BCUT2D eigenvalue weighted by Gasteiger charge is 2.05. The van der Waals surface area contributed by atoms with Gasteiger partial charge in [0.25, 0.3) is 0 Å². The summed E-state index contributed by atoms with van der Waals surface area (Å²) in [6, 6.07) is 0. The topological polar surface area (TPSA) is 18.5 Å². The Morgan fingerprint density at radius 3 is 2.42 bits per heavy atom. The van der Waals surface area contributed by atoms with E-state index in [0.717, 1.165) is 26.1 Å². The predicted molar refractivity (Wildman–Crippen MR) is 51.4 cm³/mol. The lowest BCUT2D eigenvalue weighted by atomic mass is 10.2. The summed E-state index contributed by atoms with van der Waals surface area (Å²) in [5, 5.41) is 0. The van der Waals surface area contributed by atoms with Crippen LogP contribution in [0.5, 0.6) is 0 Å². The molecule has 0 spiro atoms. The van der Waals surface area contributed by atoms with Gasteiger partial charge in [-0.1, -0.05) is 26.7 Å². The average Bonchev–Trinajstić information content (AvgIpc) is 2.11. The van der Waals surface area contributed by atoms with Gasteiger partial charge in [-0.25, -0.2) is 0 Å². The third-order valence-corrected chi connectivity index (χ3v) is 1.87. The summed E-state index contributed by atoms with van der Waals surface area (Å²) in [4.78, 5) is 0. The van der Waals surface area contributed by atoms with Crippen LogP contribution in [0.25, 0.3) is 0 Å². The van der Waals surface area contributed by atoms with Crippen LogP contribution in [-0.4, -0.2) is 26.4 Å². The molecule has 0 heterocycles. The Labute approximate surface area is 76.3 Å². The molecule has 0 rings (SSSR count). The summed E-state index contributed by atoms with van der Waals surface area (Å²) >= 11 is 0. The van der Waals surface area contributed by atoms with E-state index in [9.17, 15) is 0 Å². The molecule has 12 heavy (non-hydrogen) atoms. The zero-order chi connectivity index (χ0) is 9.23. The minimum Gasteiger partial charge on any atom is -0.379 e.